The van der Waals surface area contributed by atoms with Crippen molar-refractivity contribution in [1.82, 2.24) is 9.55 Å². The summed E-state index contributed by atoms with van der Waals surface area (Å²) in [5, 5.41) is 0. The summed E-state index contributed by atoms with van der Waals surface area (Å²) in [6, 6.07) is 0. The van der Waals surface area contributed by atoms with Crippen LogP contribution in [0.5, 0.6) is 0 Å². The molecule has 3 heteroatoms. The number of nitrogens with zero attached hydrogens (tertiary/aromatic N) is 2. The minimum absolute atomic E-state index is 0.0243. The van der Waals surface area contributed by atoms with Crippen molar-refractivity contribution in [3.8, 4) is 0 Å². The summed E-state index contributed by atoms with van der Waals surface area (Å²) in [6.45, 7) is 0. The smallest absolute Gasteiger partial charge is 0.0946 e. The second kappa shape index (κ2) is 2.15. The number of aromatic nitrogens is 2. The molecule has 0 aliphatic heterocycles. The van der Waals surface area contributed by atoms with E-state index in [1.807, 2.05) is 19.6 Å². The Morgan fingerprint density at radius 3 is 2.77 bits per heavy atom. The lowest BCUT2D eigenvalue weighted by Crippen LogP contribution is -2.28. The van der Waals surface area contributed by atoms with Gasteiger partial charge in [0.15, 0.2) is 0 Å². The minimum Gasteiger partial charge on any atom is -0.336 e. The number of hydrogen-bond donors (Lipinski definition) is 1. The fourth-order valence-corrected chi connectivity index (χ4v) is 3.16. The van der Waals surface area contributed by atoms with Gasteiger partial charge in [0.1, 0.15) is 0 Å². The van der Waals surface area contributed by atoms with E-state index in [4.69, 9.17) is 5.73 Å². The first-order valence-corrected chi connectivity index (χ1v) is 5.00. The van der Waals surface area contributed by atoms with Crippen molar-refractivity contribution in [3.05, 3.63) is 18.2 Å². The predicted molar refractivity (Wildman–Crippen MR) is 49.9 cm³/mol. The van der Waals surface area contributed by atoms with Crippen LogP contribution in [0.25, 0.3) is 0 Å². The highest BCUT2D eigenvalue weighted by atomic mass is 15.1. The normalized spacial score (nSPS) is 42.0. The molecule has 3 rings (SSSR count). The van der Waals surface area contributed by atoms with Gasteiger partial charge in [-0.1, -0.05) is 6.42 Å². The maximum Gasteiger partial charge on any atom is 0.0946 e. The molecule has 0 spiro atoms. The lowest BCUT2D eigenvalue weighted by atomic mass is 10.0. The van der Waals surface area contributed by atoms with Crippen LogP contribution in [0.3, 0.4) is 0 Å². The van der Waals surface area contributed by atoms with Crippen LogP contribution in [0.4, 0.5) is 0 Å². The molecule has 2 unspecified atom stereocenters. The molecule has 0 saturated heterocycles. The Kier molecular flexibility index (Phi) is 1.25. The Bertz CT molecular complexity index is 332. The summed E-state index contributed by atoms with van der Waals surface area (Å²) >= 11 is 0. The molecular formula is C10H15N3. The van der Waals surface area contributed by atoms with Gasteiger partial charge in [0.25, 0.3) is 0 Å². The molecule has 0 aromatic carbocycles. The van der Waals surface area contributed by atoms with Crippen molar-refractivity contribution >= 4 is 0 Å². The number of aryl methyl sites for hydroxylation is 1. The summed E-state index contributed by atoms with van der Waals surface area (Å²) in [5.41, 5.74) is 7.60. The molecule has 2 aliphatic rings. The number of imidazole rings is 1. The van der Waals surface area contributed by atoms with Gasteiger partial charge in [-0.05, 0) is 24.7 Å². The first kappa shape index (κ1) is 7.56. The molecule has 1 aromatic rings. The van der Waals surface area contributed by atoms with Gasteiger partial charge in [0.05, 0.1) is 23.8 Å². The first-order valence-electron chi connectivity index (χ1n) is 5.00. The number of rotatable bonds is 1. The minimum atomic E-state index is -0.0243. The third kappa shape index (κ3) is 0.759. The highest BCUT2D eigenvalue weighted by molar-refractivity contribution is 5.30. The van der Waals surface area contributed by atoms with E-state index in [1.54, 1.807) is 0 Å². The van der Waals surface area contributed by atoms with Crippen LogP contribution in [0.2, 0.25) is 0 Å². The van der Waals surface area contributed by atoms with E-state index < -0.39 is 0 Å². The van der Waals surface area contributed by atoms with Gasteiger partial charge in [0, 0.05) is 7.05 Å². The standard InChI is InChI=1S/C10H15N3/c1-13-6-12-5-9(13)10(11)7-3-2-4-8(7)10/h5-8H,2-4,11H2,1H3. The van der Waals surface area contributed by atoms with E-state index in [9.17, 15) is 0 Å². The number of fused-ring (bicyclic) bond motifs is 1. The van der Waals surface area contributed by atoms with Crippen LogP contribution in [-0.4, -0.2) is 9.55 Å². The summed E-state index contributed by atoms with van der Waals surface area (Å²) in [5.74, 6) is 1.48. The molecule has 3 nitrogen and oxygen atoms in total. The van der Waals surface area contributed by atoms with Crippen molar-refractivity contribution in [2.24, 2.45) is 24.6 Å². The molecular weight excluding hydrogens is 162 g/mol. The largest absolute Gasteiger partial charge is 0.336 e. The molecule has 0 radical (unpaired) electrons. The second-order valence-electron chi connectivity index (χ2n) is 4.47. The van der Waals surface area contributed by atoms with Crippen molar-refractivity contribution in [1.29, 1.82) is 0 Å². The zero-order chi connectivity index (χ0) is 9.05. The number of nitrogens with two attached hydrogens (primary N) is 1. The number of hydrogen-bond acceptors (Lipinski definition) is 2. The SMILES string of the molecule is Cn1cncc1C1(N)C2CCCC21. The van der Waals surface area contributed by atoms with Crippen LogP contribution in [-0.2, 0) is 12.6 Å². The van der Waals surface area contributed by atoms with Crippen molar-refractivity contribution in [2.75, 3.05) is 0 Å². The highest BCUT2D eigenvalue weighted by Gasteiger charge is 2.65. The molecule has 0 amide bonds. The van der Waals surface area contributed by atoms with Gasteiger partial charge in [0.2, 0.25) is 0 Å². The predicted octanol–water partition coefficient (Wildman–Crippen LogP) is 1.00. The van der Waals surface area contributed by atoms with Crippen LogP contribution < -0.4 is 5.73 Å². The maximum atomic E-state index is 6.40. The van der Waals surface area contributed by atoms with Crippen LogP contribution >= 0.6 is 0 Å². The molecule has 13 heavy (non-hydrogen) atoms. The van der Waals surface area contributed by atoms with Gasteiger partial charge in [-0.15, -0.1) is 0 Å². The zero-order valence-electron chi connectivity index (χ0n) is 7.90. The van der Waals surface area contributed by atoms with Gasteiger partial charge in [-0.2, -0.15) is 0 Å². The third-order valence-electron chi connectivity index (χ3n) is 3.89. The van der Waals surface area contributed by atoms with E-state index in [-0.39, 0.29) is 5.54 Å². The lowest BCUT2D eigenvalue weighted by molar-refractivity contribution is 0.499. The van der Waals surface area contributed by atoms with Gasteiger partial charge < -0.3 is 10.3 Å². The van der Waals surface area contributed by atoms with Gasteiger partial charge in [-0.3, -0.25) is 0 Å². The summed E-state index contributed by atoms with van der Waals surface area (Å²) in [4.78, 5) is 4.14. The van der Waals surface area contributed by atoms with Crippen molar-refractivity contribution < 1.29 is 0 Å². The third-order valence-corrected chi connectivity index (χ3v) is 3.89. The Morgan fingerprint density at radius 2 is 2.23 bits per heavy atom. The Balaban J connectivity index is 1.99. The first-order chi connectivity index (χ1) is 6.24. The molecule has 1 heterocycles. The fourth-order valence-electron chi connectivity index (χ4n) is 3.16. The van der Waals surface area contributed by atoms with E-state index in [2.05, 4.69) is 9.55 Å². The monoisotopic (exact) mass is 177 g/mol. The summed E-state index contributed by atoms with van der Waals surface area (Å²) in [6.07, 6.45) is 7.77. The second-order valence-corrected chi connectivity index (χ2v) is 4.47. The molecule has 1 aromatic heterocycles. The van der Waals surface area contributed by atoms with Crippen molar-refractivity contribution in [2.45, 2.75) is 24.8 Å². The molecule has 0 bridgehead atoms. The lowest BCUT2D eigenvalue weighted by Gasteiger charge is -2.15. The Labute approximate surface area is 78.0 Å². The highest BCUT2D eigenvalue weighted by Crippen LogP contribution is 2.64. The van der Waals surface area contributed by atoms with E-state index in [0.29, 0.717) is 0 Å². The topological polar surface area (TPSA) is 43.8 Å². The molecule has 2 N–H and O–H groups in total. The maximum absolute atomic E-state index is 6.40. The van der Waals surface area contributed by atoms with Crippen LogP contribution in [0.15, 0.2) is 12.5 Å². The molecule has 2 aliphatic carbocycles. The average Bonchev–Trinajstić information content (AvgIpc) is 2.61. The molecule has 2 saturated carbocycles. The summed E-state index contributed by atoms with van der Waals surface area (Å²) < 4.78 is 2.07. The molecule has 2 atom stereocenters. The van der Waals surface area contributed by atoms with E-state index >= 15 is 0 Å². The zero-order valence-corrected chi connectivity index (χ0v) is 7.90. The average molecular weight is 177 g/mol. The van der Waals surface area contributed by atoms with E-state index in [0.717, 1.165) is 11.8 Å². The Morgan fingerprint density at radius 1 is 1.54 bits per heavy atom. The molecule has 70 valence electrons. The van der Waals surface area contributed by atoms with Crippen LogP contribution in [0, 0.1) is 11.8 Å². The molecule has 2 fully saturated rings. The summed E-state index contributed by atoms with van der Waals surface area (Å²) in [7, 11) is 2.03. The Hall–Kier alpha value is -0.830. The van der Waals surface area contributed by atoms with Gasteiger partial charge >= 0.3 is 0 Å². The quantitative estimate of drug-likeness (QED) is 0.695. The van der Waals surface area contributed by atoms with E-state index in [1.165, 1.54) is 25.0 Å². The fraction of sp³-hybridized carbons (Fsp3) is 0.700. The van der Waals surface area contributed by atoms with Crippen LogP contribution in [0.1, 0.15) is 25.0 Å². The van der Waals surface area contributed by atoms with Gasteiger partial charge in [-0.25, -0.2) is 4.98 Å². The van der Waals surface area contributed by atoms with Crippen molar-refractivity contribution in [3.63, 3.8) is 0 Å².